The minimum atomic E-state index is -5.70. The Kier molecular flexibility index (Phi) is 4.54. The molecule has 0 saturated carbocycles. The molecule has 0 spiro atoms. The van der Waals surface area contributed by atoms with Crippen molar-refractivity contribution >= 4 is 5.84 Å². The van der Waals surface area contributed by atoms with E-state index in [1.165, 1.54) is 13.0 Å². The molecule has 0 unspecified atom stereocenters. The fraction of sp³-hybridized carbons (Fsp3) is 0.400. The number of nitrogens with zero attached hydrogens (tertiary/aromatic N) is 2. The van der Waals surface area contributed by atoms with Gasteiger partial charge in [0, 0.05) is 5.69 Å². The molecule has 0 saturated heterocycles. The number of amidine groups is 1. The molecule has 11 heteroatoms. The summed E-state index contributed by atoms with van der Waals surface area (Å²) < 4.78 is 78.5. The van der Waals surface area contributed by atoms with Crippen LogP contribution in [-0.2, 0) is 0 Å². The summed E-state index contributed by atoms with van der Waals surface area (Å²) in [6.07, 6.45) is -15.5. The highest BCUT2D eigenvalue weighted by Gasteiger charge is 2.59. The number of ether oxygens (including phenoxy) is 1. The summed E-state index contributed by atoms with van der Waals surface area (Å²) in [7, 11) is 0. The quantitative estimate of drug-likeness (QED) is 0.295. The molecule has 0 atom stereocenters. The van der Waals surface area contributed by atoms with Gasteiger partial charge >= 0.3 is 12.4 Å². The number of aryl methyl sites for hydroxylation is 1. The van der Waals surface area contributed by atoms with Gasteiger partial charge in [-0.2, -0.15) is 26.3 Å². The zero-order chi connectivity index (χ0) is 16.4. The van der Waals surface area contributed by atoms with E-state index >= 15 is 0 Å². The molecule has 1 aromatic heterocycles. The van der Waals surface area contributed by atoms with E-state index < -0.39 is 35.7 Å². The lowest BCUT2D eigenvalue weighted by Gasteiger charge is -2.24. The molecule has 1 rings (SSSR count). The maximum Gasteiger partial charge on any atom is 0.434 e. The van der Waals surface area contributed by atoms with Crippen LogP contribution >= 0.6 is 0 Å². The highest BCUT2D eigenvalue weighted by molar-refractivity contribution is 5.99. The van der Waals surface area contributed by atoms with E-state index in [-0.39, 0.29) is 5.69 Å². The van der Waals surface area contributed by atoms with Gasteiger partial charge in [-0.1, -0.05) is 5.16 Å². The lowest BCUT2D eigenvalue weighted by Crippen LogP contribution is -2.47. The zero-order valence-corrected chi connectivity index (χ0v) is 10.3. The van der Waals surface area contributed by atoms with E-state index in [1.807, 2.05) is 0 Å². The molecule has 0 aliphatic carbocycles. The number of nitrogens with two attached hydrogens (primary N) is 1. The van der Waals surface area contributed by atoms with Crippen LogP contribution in [0.5, 0.6) is 5.88 Å². The van der Waals surface area contributed by atoms with E-state index in [1.54, 1.807) is 0 Å². The molecule has 3 N–H and O–H groups in total. The Morgan fingerprint density at radius 2 is 1.76 bits per heavy atom. The van der Waals surface area contributed by atoms with Crippen molar-refractivity contribution in [2.24, 2.45) is 10.9 Å². The number of halogens is 6. The summed E-state index contributed by atoms with van der Waals surface area (Å²) in [5.74, 6) is -1.77. The van der Waals surface area contributed by atoms with Crippen molar-refractivity contribution in [3.8, 4) is 5.88 Å². The number of hydrogen-bond acceptors (Lipinski definition) is 4. The third-order valence-electron chi connectivity index (χ3n) is 2.21. The lowest BCUT2D eigenvalue weighted by molar-refractivity contribution is -0.300. The maximum absolute atomic E-state index is 12.4. The summed E-state index contributed by atoms with van der Waals surface area (Å²) in [5.41, 5.74) is 4.74. The molecule has 0 fully saturated rings. The topological polar surface area (TPSA) is 80.7 Å². The Bertz CT molecular complexity index is 527. The normalized spacial score (nSPS) is 13.6. The Morgan fingerprint density at radius 3 is 2.19 bits per heavy atom. The Labute approximate surface area is 114 Å². The van der Waals surface area contributed by atoms with E-state index in [0.717, 1.165) is 6.07 Å². The van der Waals surface area contributed by atoms with Crippen LogP contribution in [0.15, 0.2) is 17.3 Å². The SMILES string of the molecule is Cc1ccc(/C(N)=N/O)c(OC(C(F)(F)F)C(F)(F)F)n1. The van der Waals surface area contributed by atoms with E-state index in [9.17, 15) is 26.3 Å². The second-order valence-electron chi connectivity index (χ2n) is 3.87. The van der Waals surface area contributed by atoms with E-state index in [4.69, 9.17) is 10.9 Å². The van der Waals surface area contributed by atoms with E-state index in [2.05, 4.69) is 14.9 Å². The minimum absolute atomic E-state index is 0.0857. The fourth-order valence-corrected chi connectivity index (χ4v) is 1.30. The average molecular weight is 317 g/mol. The van der Waals surface area contributed by atoms with Gasteiger partial charge in [-0.15, -0.1) is 0 Å². The smallest absolute Gasteiger partial charge is 0.434 e. The number of rotatable bonds is 3. The van der Waals surface area contributed by atoms with Gasteiger partial charge < -0.3 is 15.7 Å². The number of alkyl halides is 6. The molecule has 118 valence electrons. The molecule has 0 aliphatic heterocycles. The van der Waals surface area contributed by atoms with Gasteiger partial charge in [-0.05, 0) is 19.1 Å². The van der Waals surface area contributed by atoms with Crippen LogP contribution < -0.4 is 10.5 Å². The molecule has 5 nitrogen and oxygen atoms in total. The van der Waals surface area contributed by atoms with Crippen molar-refractivity contribution < 1.29 is 36.3 Å². The molecule has 0 aromatic carbocycles. The number of oxime groups is 1. The minimum Gasteiger partial charge on any atom is -0.454 e. The summed E-state index contributed by atoms with van der Waals surface area (Å²) >= 11 is 0. The number of hydrogen-bond donors (Lipinski definition) is 2. The third-order valence-corrected chi connectivity index (χ3v) is 2.21. The second kappa shape index (κ2) is 5.66. The fourth-order valence-electron chi connectivity index (χ4n) is 1.30. The lowest BCUT2D eigenvalue weighted by atomic mass is 10.2. The first-order valence-corrected chi connectivity index (χ1v) is 5.22. The van der Waals surface area contributed by atoms with Crippen molar-refractivity contribution in [1.29, 1.82) is 0 Å². The molecule has 1 heterocycles. The van der Waals surface area contributed by atoms with Crippen molar-refractivity contribution in [2.45, 2.75) is 25.4 Å². The first-order valence-electron chi connectivity index (χ1n) is 5.22. The number of pyridine rings is 1. The van der Waals surface area contributed by atoms with Gasteiger partial charge in [0.1, 0.15) is 0 Å². The van der Waals surface area contributed by atoms with E-state index in [0.29, 0.717) is 0 Å². The van der Waals surface area contributed by atoms with Gasteiger partial charge in [0.05, 0.1) is 5.56 Å². The van der Waals surface area contributed by atoms with Crippen LogP contribution in [0.4, 0.5) is 26.3 Å². The Balaban J connectivity index is 3.30. The first-order chi connectivity index (χ1) is 9.46. The molecule has 0 bridgehead atoms. The molecule has 0 radical (unpaired) electrons. The van der Waals surface area contributed by atoms with Gasteiger partial charge in [0.15, 0.2) is 5.84 Å². The molecule has 1 aromatic rings. The maximum atomic E-state index is 12.4. The molecule has 21 heavy (non-hydrogen) atoms. The predicted molar refractivity (Wildman–Crippen MR) is 58.0 cm³/mol. The number of aromatic nitrogens is 1. The Morgan fingerprint density at radius 1 is 1.24 bits per heavy atom. The molecular weight excluding hydrogens is 308 g/mol. The van der Waals surface area contributed by atoms with Crippen molar-refractivity contribution in [3.05, 3.63) is 23.4 Å². The molecule has 0 aliphatic rings. The van der Waals surface area contributed by atoms with Crippen molar-refractivity contribution in [1.82, 2.24) is 4.98 Å². The van der Waals surface area contributed by atoms with Crippen LogP contribution in [0.1, 0.15) is 11.3 Å². The third kappa shape index (κ3) is 4.13. The standard InChI is InChI=1S/C10H9F6N3O2/c1-4-2-3-5(6(17)19-20)7(18-4)21-8(9(11,12)13)10(14,15)16/h2-3,8,20H,1H3,(H2,17,19). The average Bonchev–Trinajstić information content (AvgIpc) is 2.32. The zero-order valence-electron chi connectivity index (χ0n) is 10.3. The highest BCUT2D eigenvalue weighted by Crippen LogP contribution is 2.36. The first kappa shape index (κ1) is 16.9. The highest BCUT2D eigenvalue weighted by atomic mass is 19.4. The van der Waals surface area contributed by atoms with Gasteiger partial charge in [-0.3, -0.25) is 0 Å². The second-order valence-corrected chi connectivity index (χ2v) is 3.87. The predicted octanol–water partition coefficient (Wildman–Crippen LogP) is 2.36. The van der Waals surface area contributed by atoms with Crippen LogP contribution in [0.2, 0.25) is 0 Å². The monoisotopic (exact) mass is 317 g/mol. The van der Waals surface area contributed by atoms with Crippen LogP contribution in [0.25, 0.3) is 0 Å². The van der Waals surface area contributed by atoms with Gasteiger partial charge in [0.25, 0.3) is 6.10 Å². The Hall–Kier alpha value is -2.20. The summed E-state index contributed by atoms with van der Waals surface area (Å²) in [6, 6.07) is 2.27. The molecular formula is C10H9F6N3O2. The van der Waals surface area contributed by atoms with Crippen LogP contribution in [0.3, 0.4) is 0 Å². The van der Waals surface area contributed by atoms with Crippen molar-refractivity contribution in [3.63, 3.8) is 0 Å². The largest absolute Gasteiger partial charge is 0.454 e. The summed E-state index contributed by atoms with van der Waals surface area (Å²) in [4.78, 5) is 3.41. The van der Waals surface area contributed by atoms with Crippen LogP contribution in [-0.4, -0.2) is 34.5 Å². The summed E-state index contributed by atoms with van der Waals surface area (Å²) in [5, 5.41) is 11.0. The molecule has 0 amide bonds. The van der Waals surface area contributed by atoms with Gasteiger partial charge in [-0.25, -0.2) is 4.98 Å². The van der Waals surface area contributed by atoms with Crippen molar-refractivity contribution in [2.75, 3.05) is 0 Å². The van der Waals surface area contributed by atoms with Crippen LogP contribution in [0, 0.1) is 6.92 Å². The summed E-state index contributed by atoms with van der Waals surface area (Å²) in [6.45, 7) is 1.32. The van der Waals surface area contributed by atoms with Gasteiger partial charge in [0.2, 0.25) is 5.88 Å².